The van der Waals surface area contributed by atoms with E-state index in [1.54, 1.807) is 10.9 Å². The summed E-state index contributed by atoms with van der Waals surface area (Å²) < 4.78 is 1.57. The van der Waals surface area contributed by atoms with E-state index in [0.29, 0.717) is 0 Å². The molecule has 1 amide bonds. The SMILES string of the molecule is Cc1ccc(-n2cc(N)c(C(N)=O)n2)c(C)c1. The summed E-state index contributed by atoms with van der Waals surface area (Å²) in [5.41, 5.74) is 14.4. The number of carbonyl (C=O) groups excluding carboxylic acids is 1. The summed E-state index contributed by atoms with van der Waals surface area (Å²) in [6.45, 7) is 3.99. The van der Waals surface area contributed by atoms with Crippen molar-refractivity contribution in [1.29, 1.82) is 0 Å². The smallest absolute Gasteiger partial charge is 0.271 e. The minimum Gasteiger partial charge on any atom is -0.396 e. The van der Waals surface area contributed by atoms with Crippen molar-refractivity contribution in [3.63, 3.8) is 0 Å². The van der Waals surface area contributed by atoms with Crippen LogP contribution in [0, 0.1) is 13.8 Å². The number of hydrogen-bond donors (Lipinski definition) is 2. The first-order valence-electron chi connectivity index (χ1n) is 5.21. The molecule has 1 aromatic heterocycles. The molecular weight excluding hydrogens is 216 g/mol. The zero-order valence-corrected chi connectivity index (χ0v) is 9.77. The number of carbonyl (C=O) groups is 1. The van der Waals surface area contributed by atoms with Crippen molar-refractivity contribution in [2.75, 3.05) is 5.73 Å². The number of nitrogens with zero attached hydrogens (tertiary/aromatic N) is 2. The molecule has 2 aromatic rings. The van der Waals surface area contributed by atoms with Gasteiger partial charge in [0.2, 0.25) is 0 Å². The molecule has 0 fully saturated rings. The average Bonchev–Trinajstić information content (AvgIpc) is 2.60. The molecule has 0 aliphatic carbocycles. The topological polar surface area (TPSA) is 86.9 Å². The van der Waals surface area contributed by atoms with Crippen LogP contribution in [0.3, 0.4) is 0 Å². The molecule has 5 heteroatoms. The van der Waals surface area contributed by atoms with Gasteiger partial charge >= 0.3 is 0 Å². The molecule has 0 radical (unpaired) electrons. The number of nitrogen functional groups attached to an aromatic ring is 1. The number of rotatable bonds is 2. The third-order valence-corrected chi connectivity index (χ3v) is 2.58. The predicted octanol–water partition coefficient (Wildman–Crippen LogP) is 1.17. The van der Waals surface area contributed by atoms with E-state index in [1.165, 1.54) is 5.56 Å². The lowest BCUT2D eigenvalue weighted by Crippen LogP contribution is -2.14. The van der Waals surface area contributed by atoms with Crippen molar-refractivity contribution in [2.24, 2.45) is 5.73 Å². The van der Waals surface area contributed by atoms with Crippen LogP contribution in [0.1, 0.15) is 21.6 Å². The Bertz CT molecular complexity index is 586. The van der Waals surface area contributed by atoms with Gasteiger partial charge in [0.05, 0.1) is 17.6 Å². The van der Waals surface area contributed by atoms with Gasteiger partial charge in [-0.05, 0) is 25.5 Å². The maximum absolute atomic E-state index is 11.1. The summed E-state index contributed by atoms with van der Waals surface area (Å²) in [7, 11) is 0. The lowest BCUT2D eigenvalue weighted by atomic mass is 10.1. The van der Waals surface area contributed by atoms with E-state index in [0.717, 1.165) is 11.3 Å². The predicted molar refractivity (Wildman–Crippen MR) is 66.0 cm³/mol. The Hall–Kier alpha value is -2.30. The van der Waals surface area contributed by atoms with Crippen molar-refractivity contribution in [3.05, 3.63) is 41.2 Å². The first-order valence-corrected chi connectivity index (χ1v) is 5.21. The van der Waals surface area contributed by atoms with Gasteiger partial charge in [-0.1, -0.05) is 17.7 Å². The molecular formula is C12H14N4O. The minimum atomic E-state index is -0.619. The second-order valence-corrected chi connectivity index (χ2v) is 4.03. The largest absolute Gasteiger partial charge is 0.396 e. The van der Waals surface area contributed by atoms with Gasteiger partial charge in [0.15, 0.2) is 5.69 Å². The Morgan fingerprint density at radius 3 is 2.59 bits per heavy atom. The highest BCUT2D eigenvalue weighted by molar-refractivity contribution is 5.95. The van der Waals surface area contributed by atoms with E-state index in [2.05, 4.69) is 5.10 Å². The van der Waals surface area contributed by atoms with Gasteiger partial charge < -0.3 is 11.5 Å². The molecule has 0 saturated carbocycles. The Balaban J connectivity index is 2.53. The molecule has 4 N–H and O–H groups in total. The molecule has 0 bridgehead atoms. The molecule has 5 nitrogen and oxygen atoms in total. The quantitative estimate of drug-likeness (QED) is 0.811. The molecule has 17 heavy (non-hydrogen) atoms. The van der Waals surface area contributed by atoms with E-state index in [-0.39, 0.29) is 11.4 Å². The summed E-state index contributed by atoms with van der Waals surface area (Å²) in [5.74, 6) is -0.619. The number of benzene rings is 1. The van der Waals surface area contributed by atoms with Crippen LogP contribution in [0.25, 0.3) is 5.69 Å². The van der Waals surface area contributed by atoms with Gasteiger partial charge in [-0.25, -0.2) is 4.68 Å². The third-order valence-electron chi connectivity index (χ3n) is 2.58. The maximum atomic E-state index is 11.1. The van der Waals surface area contributed by atoms with Crippen LogP contribution in [0.4, 0.5) is 5.69 Å². The van der Waals surface area contributed by atoms with E-state index >= 15 is 0 Å². The van der Waals surface area contributed by atoms with Crippen LogP contribution in [-0.2, 0) is 0 Å². The minimum absolute atomic E-state index is 0.102. The van der Waals surface area contributed by atoms with Crippen molar-refractivity contribution in [3.8, 4) is 5.69 Å². The Morgan fingerprint density at radius 1 is 1.35 bits per heavy atom. The molecule has 0 aliphatic rings. The number of primary amides is 1. The van der Waals surface area contributed by atoms with Crippen LogP contribution in [-0.4, -0.2) is 15.7 Å². The Labute approximate surface area is 99.0 Å². The summed E-state index contributed by atoms with van der Waals surface area (Å²) in [4.78, 5) is 11.1. The number of hydrogen-bond acceptors (Lipinski definition) is 3. The number of nitrogens with two attached hydrogens (primary N) is 2. The van der Waals surface area contributed by atoms with E-state index in [9.17, 15) is 4.79 Å². The summed E-state index contributed by atoms with van der Waals surface area (Å²) in [6.07, 6.45) is 1.60. The van der Waals surface area contributed by atoms with Crippen molar-refractivity contribution in [2.45, 2.75) is 13.8 Å². The fourth-order valence-corrected chi connectivity index (χ4v) is 1.76. The van der Waals surface area contributed by atoms with Gasteiger partial charge in [0.25, 0.3) is 5.91 Å². The first kappa shape index (κ1) is 11.2. The van der Waals surface area contributed by atoms with Gasteiger partial charge in [0.1, 0.15) is 0 Å². The highest BCUT2D eigenvalue weighted by Gasteiger charge is 2.12. The first-order chi connectivity index (χ1) is 7.99. The molecule has 0 atom stereocenters. The molecule has 0 unspecified atom stereocenters. The zero-order chi connectivity index (χ0) is 12.6. The Morgan fingerprint density at radius 2 is 2.06 bits per heavy atom. The molecule has 2 rings (SSSR count). The van der Waals surface area contributed by atoms with E-state index in [4.69, 9.17) is 11.5 Å². The normalized spacial score (nSPS) is 10.5. The second kappa shape index (κ2) is 3.93. The van der Waals surface area contributed by atoms with Gasteiger partial charge in [0, 0.05) is 0 Å². The molecule has 0 spiro atoms. The van der Waals surface area contributed by atoms with Gasteiger partial charge in [-0.15, -0.1) is 0 Å². The molecule has 1 aromatic carbocycles. The maximum Gasteiger partial charge on any atom is 0.271 e. The third kappa shape index (κ3) is 1.99. The van der Waals surface area contributed by atoms with Crippen molar-refractivity contribution >= 4 is 11.6 Å². The van der Waals surface area contributed by atoms with Crippen LogP contribution in [0.5, 0.6) is 0 Å². The van der Waals surface area contributed by atoms with Crippen molar-refractivity contribution in [1.82, 2.24) is 9.78 Å². The number of anilines is 1. The zero-order valence-electron chi connectivity index (χ0n) is 9.77. The number of aryl methyl sites for hydroxylation is 2. The average molecular weight is 230 g/mol. The number of amides is 1. The fourth-order valence-electron chi connectivity index (χ4n) is 1.76. The summed E-state index contributed by atoms with van der Waals surface area (Å²) in [6, 6.07) is 5.95. The van der Waals surface area contributed by atoms with Crippen LogP contribution in [0.2, 0.25) is 0 Å². The number of aromatic nitrogens is 2. The summed E-state index contributed by atoms with van der Waals surface area (Å²) >= 11 is 0. The molecule has 1 heterocycles. The standard InChI is InChI=1S/C12H14N4O/c1-7-3-4-10(8(2)5-7)16-6-9(13)11(15-16)12(14)17/h3-6H,13H2,1-2H3,(H2,14,17). The fraction of sp³-hybridized carbons (Fsp3) is 0.167. The Kier molecular flexibility index (Phi) is 2.59. The molecule has 0 saturated heterocycles. The molecule has 0 aliphatic heterocycles. The van der Waals surface area contributed by atoms with Crippen LogP contribution < -0.4 is 11.5 Å². The highest BCUT2D eigenvalue weighted by atomic mass is 16.1. The summed E-state index contributed by atoms with van der Waals surface area (Å²) in [5, 5.41) is 4.09. The lowest BCUT2D eigenvalue weighted by molar-refractivity contribution is 0.0996. The van der Waals surface area contributed by atoms with Crippen LogP contribution in [0.15, 0.2) is 24.4 Å². The van der Waals surface area contributed by atoms with Crippen molar-refractivity contribution < 1.29 is 4.79 Å². The second-order valence-electron chi connectivity index (χ2n) is 4.03. The van der Waals surface area contributed by atoms with Gasteiger partial charge in [-0.3, -0.25) is 4.79 Å². The van der Waals surface area contributed by atoms with E-state index in [1.807, 2.05) is 32.0 Å². The van der Waals surface area contributed by atoms with Gasteiger partial charge in [-0.2, -0.15) is 5.10 Å². The lowest BCUT2D eigenvalue weighted by Gasteiger charge is -2.06. The van der Waals surface area contributed by atoms with E-state index < -0.39 is 5.91 Å². The highest BCUT2D eigenvalue weighted by Crippen LogP contribution is 2.18. The van der Waals surface area contributed by atoms with Crippen LogP contribution >= 0.6 is 0 Å². The molecule has 88 valence electrons. The monoisotopic (exact) mass is 230 g/mol.